The van der Waals surface area contributed by atoms with Crippen LogP contribution >= 0.6 is 11.5 Å². The van der Waals surface area contributed by atoms with E-state index in [-0.39, 0.29) is 11.9 Å². The molecule has 5 nitrogen and oxygen atoms in total. The Morgan fingerprint density at radius 3 is 2.85 bits per heavy atom. The molecule has 2 aromatic heterocycles. The molecule has 1 unspecified atom stereocenters. The molecule has 1 aliphatic carbocycles. The van der Waals surface area contributed by atoms with E-state index < -0.39 is 0 Å². The van der Waals surface area contributed by atoms with Crippen LogP contribution in [-0.2, 0) is 13.0 Å². The van der Waals surface area contributed by atoms with Crippen LogP contribution < -0.4 is 5.32 Å². The number of aromatic nitrogens is 3. The number of hydrogen-bond acceptors (Lipinski definition) is 4. The van der Waals surface area contributed by atoms with Crippen LogP contribution in [0.1, 0.15) is 56.6 Å². The van der Waals surface area contributed by atoms with E-state index >= 15 is 0 Å². The van der Waals surface area contributed by atoms with Crippen LogP contribution in [0.25, 0.3) is 0 Å². The summed E-state index contributed by atoms with van der Waals surface area (Å²) < 4.78 is 6.36. The lowest BCUT2D eigenvalue weighted by molar-refractivity contribution is 0.0931. The second-order valence-corrected chi connectivity index (χ2v) is 7.78. The number of rotatable bonds is 4. The summed E-state index contributed by atoms with van der Waals surface area (Å²) in [5.41, 5.74) is 5.15. The van der Waals surface area contributed by atoms with Crippen molar-refractivity contribution in [2.24, 2.45) is 0 Å². The van der Waals surface area contributed by atoms with Gasteiger partial charge in [-0.3, -0.25) is 9.48 Å². The van der Waals surface area contributed by atoms with Gasteiger partial charge in [0.25, 0.3) is 5.91 Å². The normalized spacial score (nSPS) is 16.3. The van der Waals surface area contributed by atoms with Crippen LogP contribution in [0.4, 0.5) is 0 Å². The molecule has 1 aliphatic rings. The van der Waals surface area contributed by atoms with E-state index in [9.17, 15) is 4.79 Å². The predicted molar refractivity (Wildman–Crippen MR) is 103 cm³/mol. The molecular weight excluding hydrogens is 344 g/mol. The number of nitrogens with zero attached hydrogens (tertiary/aromatic N) is 3. The SMILES string of the molecule is Cc1nsc(C)c1C(=O)NC1CCCc2c1cnn2Cc1ccccc1. The molecule has 26 heavy (non-hydrogen) atoms. The number of carbonyl (C=O) groups is 1. The van der Waals surface area contributed by atoms with Gasteiger partial charge in [-0.1, -0.05) is 30.3 Å². The summed E-state index contributed by atoms with van der Waals surface area (Å²) in [7, 11) is 0. The molecule has 0 fully saturated rings. The number of aryl methyl sites for hydroxylation is 2. The molecule has 6 heteroatoms. The Hall–Kier alpha value is -2.47. The molecule has 1 amide bonds. The van der Waals surface area contributed by atoms with E-state index in [1.807, 2.05) is 38.2 Å². The summed E-state index contributed by atoms with van der Waals surface area (Å²) in [5, 5.41) is 7.81. The third-order valence-electron chi connectivity index (χ3n) is 5.00. The van der Waals surface area contributed by atoms with Crippen molar-refractivity contribution >= 4 is 17.4 Å². The highest BCUT2D eigenvalue weighted by atomic mass is 32.1. The maximum Gasteiger partial charge on any atom is 0.254 e. The fraction of sp³-hybridized carbons (Fsp3) is 0.350. The number of amides is 1. The largest absolute Gasteiger partial charge is 0.345 e. The quantitative estimate of drug-likeness (QED) is 0.764. The highest BCUT2D eigenvalue weighted by molar-refractivity contribution is 7.06. The van der Waals surface area contributed by atoms with Crippen molar-refractivity contribution < 1.29 is 4.79 Å². The summed E-state index contributed by atoms with van der Waals surface area (Å²) in [6.45, 7) is 4.61. The Morgan fingerprint density at radius 2 is 2.12 bits per heavy atom. The Labute approximate surface area is 157 Å². The lowest BCUT2D eigenvalue weighted by Gasteiger charge is -2.24. The predicted octanol–water partition coefficient (Wildman–Crippen LogP) is 3.81. The van der Waals surface area contributed by atoms with Crippen molar-refractivity contribution in [1.29, 1.82) is 0 Å². The lowest BCUT2D eigenvalue weighted by Crippen LogP contribution is -2.31. The van der Waals surface area contributed by atoms with Gasteiger partial charge in [0.1, 0.15) is 0 Å². The van der Waals surface area contributed by atoms with E-state index in [4.69, 9.17) is 0 Å². The summed E-state index contributed by atoms with van der Waals surface area (Å²) in [5.74, 6) is -0.0255. The molecule has 2 heterocycles. The zero-order valence-electron chi connectivity index (χ0n) is 15.0. The van der Waals surface area contributed by atoms with Gasteiger partial charge in [-0.2, -0.15) is 9.47 Å². The summed E-state index contributed by atoms with van der Waals surface area (Å²) in [4.78, 5) is 13.7. The molecule has 0 radical (unpaired) electrons. The summed E-state index contributed by atoms with van der Waals surface area (Å²) >= 11 is 1.39. The van der Waals surface area contributed by atoms with Gasteiger partial charge in [0, 0.05) is 16.1 Å². The molecule has 0 bridgehead atoms. The lowest BCUT2D eigenvalue weighted by atomic mass is 9.92. The minimum Gasteiger partial charge on any atom is -0.345 e. The number of fused-ring (bicyclic) bond motifs is 1. The topological polar surface area (TPSA) is 59.8 Å². The number of nitrogens with one attached hydrogen (secondary N) is 1. The van der Waals surface area contributed by atoms with E-state index in [0.717, 1.165) is 47.5 Å². The Balaban J connectivity index is 1.56. The molecule has 0 saturated carbocycles. The third kappa shape index (κ3) is 3.17. The van der Waals surface area contributed by atoms with Gasteiger partial charge in [-0.05, 0) is 50.2 Å². The molecule has 1 N–H and O–H groups in total. The zero-order valence-corrected chi connectivity index (χ0v) is 15.8. The van der Waals surface area contributed by atoms with E-state index in [2.05, 4.69) is 31.6 Å². The molecule has 1 atom stereocenters. The van der Waals surface area contributed by atoms with Gasteiger partial charge < -0.3 is 5.32 Å². The van der Waals surface area contributed by atoms with E-state index in [1.54, 1.807) is 0 Å². The first-order chi connectivity index (χ1) is 12.6. The summed E-state index contributed by atoms with van der Waals surface area (Å²) in [6.07, 6.45) is 4.93. The molecule has 3 aromatic rings. The molecule has 0 saturated heterocycles. The number of carbonyl (C=O) groups excluding carboxylic acids is 1. The van der Waals surface area contributed by atoms with Crippen LogP contribution in [0.2, 0.25) is 0 Å². The standard InChI is InChI=1S/C20H22N4OS/c1-13-19(14(2)26-23-13)20(25)22-17-9-6-10-18-16(17)11-21-24(18)12-15-7-4-3-5-8-15/h3-5,7-8,11,17H,6,9-10,12H2,1-2H3,(H,22,25). The fourth-order valence-corrected chi connectivity index (χ4v) is 4.40. The first-order valence-electron chi connectivity index (χ1n) is 8.95. The van der Waals surface area contributed by atoms with Crippen molar-refractivity contribution in [2.75, 3.05) is 0 Å². The van der Waals surface area contributed by atoms with Crippen molar-refractivity contribution in [3.8, 4) is 0 Å². The highest BCUT2D eigenvalue weighted by Crippen LogP contribution is 2.30. The minimum absolute atomic E-state index is 0.0227. The first kappa shape index (κ1) is 17.0. The Morgan fingerprint density at radius 1 is 1.31 bits per heavy atom. The fourth-order valence-electron chi connectivity index (χ4n) is 3.70. The van der Waals surface area contributed by atoms with Crippen molar-refractivity contribution in [2.45, 2.75) is 45.7 Å². The van der Waals surface area contributed by atoms with Gasteiger partial charge in [0.2, 0.25) is 0 Å². The molecule has 0 spiro atoms. The minimum atomic E-state index is -0.0255. The van der Waals surface area contributed by atoms with Crippen molar-refractivity contribution in [1.82, 2.24) is 19.5 Å². The van der Waals surface area contributed by atoms with E-state index in [1.165, 1.54) is 22.8 Å². The molecule has 0 aliphatic heterocycles. The van der Waals surface area contributed by atoms with Gasteiger partial charge in [0.05, 0.1) is 30.0 Å². The highest BCUT2D eigenvalue weighted by Gasteiger charge is 2.27. The van der Waals surface area contributed by atoms with E-state index in [0.29, 0.717) is 0 Å². The van der Waals surface area contributed by atoms with Crippen LogP contribution in [0.5, 0.6) is 0 Å². The van der Waals surface area contributed by atoms with Gasteiger partial charge in [0.15, 0.2) is 0 Å². The average molecular weight is 366 g/mol. The second-order valence-electron chi connectivity index (χ2n) is 6.81. The smallest absolute Gasteiger partial charge is 0.254 e. The van der Waals surface area contributed by atoms with Gasteiger partial charge in [-0.25, -0.2) is 0 Å². The third-order valence-corrected chi connectivity index (χ3v) is 5.85. The van der Waals surface area contributed by atoms with Crippen molar-refractivity contribution in [3.63, 3.8) is 0 Å². The van der Waals surface area contributed by atoms with Crippen LogP contribution in [0.3, 0.4) is 0 Å². The van der Waals surface area contributed by atoms with Crippen LogP contribution in [0.15, 0.2) is 36.5 Å². The second kappa shape index (κ2) is 7.03. The maximum absolute atomic E-state index is 12.8. The number of hydrogen-bond donors (Lipinski definition) is 1. The molecule has 134 valence electrons. The summed E-state index contributed by atoms with van der Waals surface area (Å²) in [6, 6.07) is 10.4. The average Bonchev–Trinajstić information content (AvgIpc) is 3.20. The van der Waals surface area contributed by atoms with Crippen molar-refractivity contribution in [3.05, 3.63) is 69.5 Å². The monoisotopic (exact) mass is 366 g/mol. The Bertz CT molecular complexity index is 909. The zero-order chi connectivity index (χ0) is 18.1. The van der Waals surface area contributed by atoms with Gasteiger partial charge in [-0.15, -0.1) is 0 Å². The molecule has 1 aromatic carbocycles. The molecule has 4 rings (SSSR count). The first-order valence-corrected chi connectivity index (χ1v) is 9.73. The van der Waals surface area contributed by atoms with Crippen LogP contribution in [-0.4, -0.2) is 20.1 Å². The maximum atomic E-state index is 12.8. The Kier molecular flexibility index (Phi) is 4.59. The molecular formula is C20H22N4OS. The number of benzene rings is 1. The van der Waals surface area contributed by atoms with Gasteiger partial charge >= 0.3 is 0 Å². The van der Waals surface area contributed by atoms with Crippen LogP contribution in [0, 0.1) is 13.8 Å².